The molecule has 2 aromatic rings. The van der Waals surface area contributed by atoms with Crippen LogP contribution in [0.3, 0.4) is 0 Å². The maximum absolute atomic E-state index is 12.4. The largest absolute Gasteiger partial charge is 0.329 e. The lowest BCUT2D eigenvalue weighted by atomic mass is 9.91. The molecule has 0 amide bonds. The van der Waals surface area contributed by atoms with Crippen LogP contribution in [0.4, 0.5) is 0 Å². The zero-order valence-electron chi connectivity index (χ0n) is 15.8. The first-order valence-corrected chi connectivity index (χ1v) is 13.4. The molecule has 1 aliphatic carbocycles. The Hall–Kier alpha value is -1.45. The highest BCUT2D eigenvalue weighted by Crippen LogP contribution is 2.31. The van der Waals surface area contributed by atoms with Crippen LogP contribution in [0.5, 0.6) is 0 Å². The average Bonchev–Trinajstić information content (AvgIpc) is 3.23. The van der Waals surface area contributed by atoms with Gasteiger partial charge in [-0.25, -0.2) is 26.5 Å². The first-order valence-electron chi connectivity index (χ1n) is 9.93. The van der Waals surface area contributed by atoms with Gasteiger partial charge in [-0.15, -0.1) is 0 Å². The van der Waals surface area contributed by atoms with Gasteiger partial charge in [0.15, 0.2) is 9.84 Å². The molecule has 1 saturated heterocycles. The molecule has 1 aliphatic heterocycles. The van der Waals surface area contributed by atoms with E-state index in [2.05, 4.69) is 26.5 Å². The van der Waals surface area contributed by atoms with E-state index >= 15 is 0 Å². The second-order valence-corrected chi connectivity index (χ2v) is 12.2. The number of hydrogen-bond acceptors (Lipinski definition) is 5. The Kier molecular flexibility index (Phi) is 5.50. The molecule has 4 rings (SSSR count). The Morgan fingerprint density at radius 2 is 1.93 bits per heavy atom. The van der Waals surface area contributed by atoms with Gasteiger partial charge in [0.1, 0.15) is 5.65 Å². The molecule has 9 heteroatoms. The van der Waals surface area contributed by atoms with E-state index in [9.17, 15) is 16.8 Å². The fourth-order valence-electron chi connectivity index (χ4n) is 4.49. The molecule has 0 aromatic carbocycles. The monoisotopic (exact) mass is 425 g/mol. The zero-order chi connectivity index (χ0) is 19.8. The Morgan fingerprint density at radius 3 is 2.64 bits per heavy atom. The van der Waals surface area contributed by atoms with Gasteiger partial charge in [-0.1, -0.05) is 0 Å². The van der Waals surface area contributed by atoms with Crippen LogP contribution in [0.15, 0.2) is 30.6 Å². The van der Waals surface area contributed by atoms with Gasteiger partial charge in [0, 0.05) is 29.9 Å². The molecule has 7 nitrogen and oxygen atoms in total. The summed E-state index contributed by atoms with van der Waals surface area (Å²) in [7, 11) is -6.33. The van der Waals surface area contributed by atoms with Crippen molar-refractivity contribution in [1.29, 1.82) is 0 Å². The molecule has 2 aliphatic rings. The third-order valence-electron chi connectivity index (χ3n) is 6.03. The number of sulfonamides is 1. The van der Waals surface area contributed by atoms with Crippen LogP contribution in [-0.4, -0.2) is 49.7 Å². The molecule has 2 aromatic heterocycles. The molecule has 0 bridgehead atoms. The lowest BCUT2D eigenvalue weighted by Gasteiger charge is -2.30. The normalized spacial score (nSPS) is 27.9. The number of hydrogen-bond donors (Lipinski definition) is 1. The number of aromatic nitrogens is 2. The summed E-state index contributed by atoms with van der Waals surface area (Å²) in [5, 5.41) is 1.12. The van der Waals surface area contributed by atoms with E-state index in [0.29, 0.717) is 18.9 Å². The molecular weight excluding hydrogens is 398 g/mol. The summed E-state index contributed by atoms with van der Waals surface area (Å²) in [5.74, 6) is 0.316. The first kappa shape index (κ1) is 19.8. The van der Waals surface area contributed by atoms with E-state index in [4.69, 9.17) is 0 Å². The van der Waals surface area contributed by atoms with Crippen molar-refractivity contribution in [2.45, 2.75) is 50.6 Å². The number of nitrogens with zero attached hydrogens (tertiary/aromatic N) is 2. The molecule has 0 spiro atoms. The first-order chi connectivity index (χ1) is 13.3. The summed E-state index contributed by atoms with van der Waals surface area (Å²) in [4.78, 5) is 4.48. The Morgan fingerprint density at radius 1 is 1.14 bits per heavy atom. The molecule has 1 atom stereocenters. The lowest BCUT2D eigenvalue weighted by Crippen LogP contribution is -2.39. The van der Waals surface area contributed by atoms with Crippen LogP contribution in [0.25, 0.3) is 11.0 Å². The molecule has 1 saturated carbocycles. The Labute approximate surface area is 166 Å². The van der Waals surface area contributed by atoms with Gasteiger partial charge < -0.3 is 4.57 Å². The molecular formula is C19H27N3O4S2. The van der Waals surface area contributed by atoms with Crippen molar-refractivity contribution >= 4 is 30.9 Å². The van der Waals surface area contributed by atoms with Crippen LogP contribution in [0.1, 0.15) is 44.6 Å². The predicted molar refractivity (Wildman–Crippen MR) is 109 cm³/mol. The molecule has 1 N–H and O–H groups in total. The number of rotatable bonds is 6. The van der Waals surface area contributed by atoms with Crippen LogP contribution < -0.4 is 4.72 Å². The lowest BCUT2D eigenvalue weighted by molar-refractivity contribution is 0.315. The molecule has 2 fully saturated rings. The standard InChI is InChI=1S/C19H27N3O4S2/c23-27(24)12-8-15(14-27)9-13-28(25,26)21-17-3-5-18(6-4-17)22-11-7-16-2-1-10-20-19(16)22/h1-2,7,10-11,15,17-18,21H,3-6,8-9,12-14H2. The van der Waals surface area contributed by atoms with E-state index in [1.165, 1.54) is 0 Å². The van der Waals surface area contributed by atoms with Gasteiger partial charge in [-0.05, 0) is 62.6 Å². The van der Waals surface area contributed by atoms with E-state index in [1.807, 2.05) is 12.1 Å². The SMILES string of the molecule is O=S1(=O)CCC(CCS(=O)(=O)NC2CCC(n3ccc4cccnc43)CC2)C1. The van der Waals surface area contributed by atoms with Crippen LogP contribution in [0, 0.1) is 5.92 Å². The van der Waals surface area contributed by atoms with Crippen molar-refractivity contribution in [2.75, 3.05) is 17.3 Å². The van der Waals surface area contributed by atoms with Crippen LogP contribution in [0.2, 0.25) is 0 Å². The van der Waals surface area contributed by atoms with Gasteiger partial charge >= 0.3 is 0 Å². The van der Waals surface area contributed by atoms with Gasteiger partial charge in [-0.2, -0.15) is 0 Å². The fourth-order valence-corrected chi connectivity index (χ4v) is 7.90. The van der Waals surface area contributed by atoms with Crippen molar-refractivity contribution < 1.29 is 16.8 Å². The summed E-state index contributed by atoms with van der Waals surface area (Å²) < 4.78 is 52.9. The predicted octanol–water partition coefficient (Wildman–Crippen LogP) is 2.26. The zero-order valence-corrected chi connectivity index (χ0v) is 17.5. The summed E-state index contributed by atoms with van der Waals surface area (Å²) in [5.41, 5.74) is 0.984. The van der Waals surface area contributed by atoms with Crippen molar-refractivity contribution in [3.63, 3.8) is 0 Å². The minimum atomic E-state index is -3.38. The maximum atomic E-state index is 12.4. The highest BCUT2D eigenvalue weighted by molar-refractivity contribution is 7.91. The summed E-state index contributed by atoms with van der Waals surface area (Å²) >= 11 is 0. The summed E-state index contributed by atoms with van der Waals surface area (Å²) in [6.45, 7) is 0. The number of nitrogens with one attached hydrogen (secondary N) is 1. The van der Waals surface area contributed by atoms with E-state index in [-0.39, 0.29) is 29.2 Å². The average molecular weight is 426 g/mol. The maximum Gasteiger partial charge on any atom is 0.211 e. The Bertz CT molecular complexity index is 1040. The van der Waals surface area contributed by atoms with E-state index in [1.54, 1.807) is 6.20 Å². The molecule has 154 valence electrons. The fraction of sp³-hybridized carbons (Fsp3) is 0.632. The summed E-state index contributed by atoms with van der Waals surface area (Å²) in [6, 6.07) is 6.36. The van der Waals surface area contributed by atoms with Crippen molar-refractivity contribution in [3.8, 4) is 0 Å². The molecule has 28 heavy (non-hydrogen) atoms. The van der Waals surface area contributed by atoms with Crippen molar-refractivity contribution in [1.82, 2.24) is 14.3 Å². The van der Waals surface area contributed by atoms with Crippen LogP contribution >= 0.6 is 0 Å². The second-order valence-electron chi connectivity index (χ2n) is 8.14. The van der Waals surface area contributed by atoms with Crippen molar-refractivity contribution in [2.24, 2.45) is 5.92 Å². The van der Waals surface area contributed by atoms with Crippen molar-refractivity contribution in [3.05, 3.63) is 30.6 Å². The van der Waals surface area contributed by atoms with Gasteiger partial charge in [0.05, 0.1) is 17.3 Å². The summed E-state index contributed by atoms with van der Waals surface area (Å²) in [6.07, 6.45) is 8.30. The molecule has 0 radical (unpaired) electrons. The third-order valence-corrected chi connectivity index (χ3v) is 9.34. The van der Waals surface area contributed by atoms with E-state index in [0.717, 1.165) is 36.7 Å². The molecule has 1 unspecified atom stereocenters. The quantitative estimate of drug-likeness (QED) is 0.765. The van der Waals surface area contributed by atoms with E-state index < -0.39 is 19.9 Å². The minimum Gasteiger partial charge on any atom is -0.329 e. The van der Waals surface area contributed by atoms with Crippen LogP contribution in [-0.2, 0) is 19.9 Å². The Balaban J connectivity index is 1.29. The highest BCUT2D eigenvalue weighted by Gasteiger charge is 2.30. The van der Waals surface area contributed by atoms with Gasteiger partial charge in [0.2, 0.25) is 10.0 Å². The van der Waals surface area contributed by atoms with Gasteiger partial charge in [0.25, 0.3) is 0 Å². The highest BCUT2D eigenvalue weighted by atomic mass is 32.2. The number of sulfone groups is 1. The molecule has 3 heterocycles. The minimum absolute atomic E-state index is 0.0132. The number of pyridine rings is 1. The van der Waals surface area contributed by atoms with Gasteiger partial charge in [-0.3, -0.25) is 0 Å². The smallest absolute Gasteiger partial charge is 0.211 e. The topological polar surface area (TPSA) is 98.1 Å². The number of fused-ring (bicyclic) bond motifs is 1. The third kappa shape index (κ3) is 4.58. The second kappa shape index (κ2) is 7.76.